The molecule has 3 aromatic rings. The molecule has 1 aliphatic rings. The summed E-state index contributed by atoms with van der Waals surface area (Å²) in [5.41, 5.74) is 4.32. The van der Waals surface area contributed by atoms with Crippen molar-refractivity contribution >= 4 is 22.8 Å². The first-order valence-corrected chi connectivity index (χ1v) is 10.0. The molecule has 0 fully saturated rings. The van der Waals surface area contributed by atoms with Gasteiger partial charge in [-0.2, -0.15) is 4.98 Å². The Morgan fingerprint density at radius 1 is 1.24 bits per heavy atom. The zero-order valence-corrected chi connectivity index (χ0v) is 16.7. The van der Waals surface area contributed by atoms with Gasteiger partial charge >= 0.3 is 5.69 Å². The molecule has 29 heavy (non-hydrogen) atoms. The second kappa shape index (κ2) is 8.35. The van der Waals surface area contributed by atoms with Gasteiger partial charge in [0.05, 0.1) is 0 Å². The minimum atomic E-state index is -0.366. The normalized spacial score (nSPS) is 19.4. The number of fused-ring (bicyclic) bond motifs is 1. The molecule has 0 radical (unpaired) electrons. The summed E-state index contributed by atoms with van der Waals surface area (Å²) in [6, 6.07) is 12.3. The molecule has 0 aliphatic carbocycles. The topological polar surface area (TPSA) is 71.0 Å². The van der Waals surface area contributed by atoms with Crippen LogP contribution in [-0.2, 0) is 0 Å². The summed E-state index contributed by atoms with van der Waals surface area (Å²) in [6.45, 7) is 4.28. The number of aliphatic imine (C=N–C) groups is 1. The molecule has 1 aliphatic heterocycles. The van der Waals surface area contributed by atoms with Crippen molar-refractivity contribution in [3.63, 3.8) is 0 Å². The van der Waals surface area contributed by atoms with E-state index < -0.39 is 0 Å². The van der Waals surface area contributed by atoms with Gasteiger partial charge in [0.25, 0.3) is 0 Å². The van der Waals surface area contributed by atoms with E-state index in [1.807, 2.05) is 24.5 Å². The summed E-state index contributed by atoms with van der Waals surface area (Å²) < 4.78 is 0. The molecule has 4 rings (SSSR count). The molecule has 0 saturated carbocycles. The van der Waals surface area contributed by atoms with E-state index in [1.165, 1.54) is 0 Å². The average molecular weight is 384 g/mol. The lowest BCUT2D eigenvalue weighted by Crippen LogP contribution is -2.16. The van der Waals surface area contributed by atoms with Crippen LogP contribution >= 0.6 is 0 Å². The van der Waals surface area contributed by atoms with Crippen LogP contribution < -0.4 is 5.69 Å². The number of rotatable bonds is 4. The molecule has 0 amide bonds. The first-order chi connectivity index (χ1) is 14.2. The molecule has 146 valence electrons. The number of hydrogen-bond donors (Lipinski definition) is 1. The number of allylic oxidation sites excluding steroid dienone is 3. The van der Waals surface area contributed by atoms with Crippen LogP contribution in [-0.4, -0.2) is 21.2 Å². The smallest absolute Gasteiger partial charge is 0.308 e. The van der Waals surface area contributed by atoms with Crippen molar-refractivity contribution in [3.8, 4) is 0 Å². The van der Waals surface area contributed by atoms with Gasteiger partial charge in [-0.05, 0) is 47.6 Å². The summed E-state index contributed by atoms with van der Waals surface area (Å²) >= 11 is 0. The fourth-order valence-electron chi connectivity index (χ4n) is 3.77. The number of aromatic nitrogens is 3. The maximum Gasteiger partial charge on any atom is 0.347 e. The van der Waals surface area contributed by atoms with E-state index in [1.54, 1.807) is 6.20 Å². The maximum atomic E-state index is 12.1. The average Bonchev–Trinajstić information content (AvgIpc) is 2.71. The fraction of sp³-hybridized carbons (Fsp3) is 0.250. The zero-order chi connectivity index (χ0) is 20.2. The third kappa shape index (κ3) is 4.09. The molecule has 0 spiro atoms. The van der Waals surface area contributed by atoms with Gasteiger partial charge < -0.3 is 4.98 Å². The van der Waals surface area contributed by atoms with E-state index in [2.05, 4.69) is 70.2 Å². The van der Waals surface area contributed by atoms with Gasteiger partial charge in [0.1, 0.15) is 0 Å². The first-order valence-electron chi connectivity index (χ1n) is 10.0. The molecular weight excluding hydrogens is 360 g/mol. The molecule has 1 aromatic carbocycles. The number of nitrogens with zero attached hydrogens (tertiary/aromatic N) is 3. The molecule has 5 nitrogen and oxygen atoms in total. The van der Waals surface area contributed by atoms with Crippen LogP contribution in [0.5, 0.6) is 0 Å². The van der Waals surface area contributed by atoms with E-state index in [0.29, 0.717) is 11.6 Å². The highest BCUT2D eigenvalue weighted by atomic mass is 16.1. The largest absolute Gasteiger partial charge is 0.347 e. The van der Waals surface area contributed by atoms with Crippen LogP contribution in [0, 0.1) is 5.92 Å². The Balaban J connectivity index is 1.79. The van der Waals surface area contributed by atoms with E-state index in [0.717, 1.165) is 40.6 Å². The van der Waals surface area contributed by atoms with Gasteiger partial charge in [-0.25, -0.2) is 9.78 Å². The van der Waals surface area contributed by atoms with Crippen LogP contribution in [0.15, 0.2) is 70.7 Å². The predicted octanol–water partition coefficient (Wildman–Crippen LogP) is 4.87. The molecule has 2 unspecified atom stereocenters. The molecule has 3 heterocycles. The van der Waals surface area contributed by atoms with Crippen molar-refractivity contribution in [3.05, 3.63) is 88.3 Å². The fourth-order valence-corrected chi connectivity index (χ4v) is 3.77. The zero-order valence-electron chi connectivity index (χ0n) is 16.7. The SMILES string of the molecule is CCC(c1cccc(/C2=C/N=CC(C)CC=C2)c1)c1[nH]c(=O)nc2ncccc12. The number of hydrogen-bond acceptors (Lipinski definition) is 4. The molecule has 0 saturated heterocycles. The monoisotopic (exact) mass is 384 g/mol. The van der Waals surface area contributed by atoms with Crippen molar-refractivity contribution < 1.29 is 0 Å². The van der Waals surface area contributed by atoms with Crippen LogP contribution in [0.25, 0.3) is 16.6 Å². The summed E-state index contributed by atoms with van der Waals surface area (Å²) in [5.74, 6) is 0.490. The third-order valence-corrected chi connectivity index (χ3v) is 5.26. The number of aromatic amines is 1. The van der Waals surface area contributed by atoms with Crippen molar-refractivity contribution in [1.29, 1.82) is 0 Å². The van der Waals surface area contributed by atoms with E-state index in [-0.39, 0.29) is 11.6 Å². The van der Waals surface area contributed by atoms with E-state index in [9.17, 15) is 4.79 Å². The summed E-state index contributed by atoms with van der Waals surface area (Å²) in [4.78, 5) is 27.8. The van der Waals surface area contributed by atoms with Crippen LogP contribution in [0.1, 0.15) is 49.4 Å². The van der Waals surface area contributed by atoms with Crippen molar-refractivity contribution in [2.45, 2.75) is 32.6 Å². The minimum absolute atomic E-state index is 0.0407. The molecule has 0 bridgehead atoms. The molecule has 5 heteroatoms. The Labute approximate surface area is 170 Å². The maximum absolute atomic E-state index is 12.1. The van der Waals surface area contributed by atoms with Gasteiger partial charge in [0, 0.05) is 35.6 Å². The quantitative estimate of drug-likeness (QED) is 0.698. The van der Waals surface area contributed by atoms with Gasteiger partial charge in [0.2, 0.25) is 0 Å². The second-order valence-corrected chi connectivity index (χ2v) is 7.41. The van der Waals surface area contributed by atoms with E-state index >= 15 is 0 Å². The van der Waals surface area contributed by atoms with Gasteiger partial charge in [-0.3, -0.25) is 4.99 Å². The number of H-pyrrole nitrogens is 1. The molecule has 2 aromatic heterocycles. The summed E-state index contributed by atoms with van der Waals surface area (Å²) in [6.07, 6.45) is 11.7. The van der Waals surface area contributed by atoms with Crippen molar-refractivity contribution in [2.75, 3.05) is 0 Å². The second-order valence-electron chi connectivity index (χ2n) is 7.41. The van der Waals surface area contributed by atoms with Crippen LogP contribution in [0.2, 0.25) is 0 Å². The highest BCUT2D eigenvalue weighted by molar-refractivity contribution is 5.79. The molecular formula is C24H24N4O. The Hall–Kier alpha value is -3.34. The highest BCUT2D eigenvalue weighted by Gasteiger charge is 2.18. The minimum Gasteiger partial charge on any atom is -0.308 e. The lowest BCUT2D eigenvalue weighted by atomic mass is 9.89. The Morgan fingerprint density at radius 2 is 2.14 bits per heavy atom. The summed E-state index contributed by atoms with van der Waals surface area (Å²) in [5, 5.41) is 0.882. The highest BCUT2D eigenvalue weighted by Crippen LogP contribution is 2.31. The van der Waals surface area contributed by atoms with Crippen molar-refractivity contribution in [1.82, 2.24) is 15.0 Å². The Kier molecular flexibility index (Phi) is 5.47. The number of nitrogens with one attached hydrogen (secondary N) is 1. The van der Waals surface area contributed by atoms with Crippen LogP contribution in [0.4, 0.5) is 0 Å². The standard InChI is InChI=1S/C24H24N4O/c1-3-20(22-21-11-6-12-26-23(21)28-24(29)27-22)18-9-5-8-17(13-18)19-10-4-7-16(2)14-25-15-19/h4-6,8-16,20H,3,7H2,1-2H3,(H,26,27,28,29)/b10-4?,19-15+,25-14?. The molecule has 2 atom stereocenters. The van der Waals surface area contributed by atoms with Gasteiger partial charge in [-0.15, -0.1) is 0 Å². The third-order valence-electron chi connectivity index (χ3n) is 5.26. The Bertz CT molecular complexity index is 1170. The van der Waals surface area contributed by atoms with Crippen molar-refractivity contribution in [2.24, 2.45) is 10.9 Å². The van der Waals surface area contributed by atoms with Gasteiger partial charge in [0.15, 0.2) is 5.65 Å². The first kappa shape index (κ1) is 19.0. The van der Waals surface area contributed by atoms with Crippen LogP contribution in [0.3, 0.4) is 0 Å². The lowest BCUT2D eigenvalue weighted by molar-refractivity contribution is 0.748. The Morgan fingerprint density at radius 3 is 3.00 bits per heavy atom. The van der Waals surface area contributed by atoms with E-state index in [4.69, 9.17) is 0 Å². The number of benzene rings is 1. The molecule has 1 N–H and O–H groups in total. The number of pyridine rings is 1. The summed E-state index contributed by atoms with van der Waals surface area (Å²) in [7, 11) is 0. The lowest BCUT2D eigenvalue weighted by Gasteiger charge is -2.18. The predicted molar refractivity (Wildman–Crippen MR) is 118 cm³/mol. The van der Waals surface area contributed by atoms with Gasteiger partial charge in [-0.1, -0.05) is 50.3 Å².